The van der Waals surface area contributed by atoms with Crippen molar-refractivity contribution >= 4 is 35.9 Å². The summed E-state index contributed by atoms with van der Waals surface area (Å²) in [5, 5.41) is 10.9. The number of benzene rings is 1. The van der Waals surface area contributed by atoms with Crippen LogP contribution in [-0.2, 0) is 19.9 Å². The smallest absolute Gasteiger partial charge is 0.322 e. The Bertz CT molecular complexity index is 678. The molecule has 0 radical (unpaired) electrons. The molecule has 136 valence electrons. The van der Waals surface area contributed by atoms with Gasteiger partial charge in [0.15, 0.2) is 0 Å². The molecule has 4 amide bonds. The van der Waals surface area contributed by atoms with E-state index in [2.05, 4.69) is 21.3 Å². The van der Waals surface area contributed by atoms with Crippen LogP contribution in [0.5, 0.6) is 0 Å². The molecule has 0 saturated carbocycles. The Morgan fingerprint density at radius 1 is 1.40 bits per heavy atom. The third kappa shape index (κ3) is 4.28. The summed E-state index contributed by atoms with van der Waals surface area (Å²) in [7, 11) is 0. The summed E-state index contributed by atoms with van der Waals surface area (Å²) in [5.74, 6) is -0.556. The molecular formula is C16H21ClN4O4. The number of rotatable bonds is 4. The quantitative estimate of drug-likeness (QED) is 0.578. The molecule has 8 nitrogen and oxygen atoms in total. The highest BCUT2D eigenvalue weighted by Crippen LogP contribution is 2.26. The second-order valence-electron chi connectivity index (χ2n) is 6.09. The molecule has 2 saturated heterocycles. The molecule has 1 aromatic carbocycles. The van der Waals surface area contributed by atoms with E-state index in [1.807, 2.05) is 0 Å². The molecule has 0 bridgehead atoms. The van der Waals surface area contributed by atoms with Gasteiger partial charge in [0.2, 0.25) is 5.91 Å². The monoisotopic (exact) mass is 368 g/mol. The number of urea groups is 1. The van der Waals surface area contributed by atoms with Gasteiger partial charge in [0.1, 0.15) is 5.54 Å². The molecule has 3 rings (SSSR count). The Morgan fingerprint density at radius 2 is 2.20 bits per heavy atom. The predicted molar refractivity (Wildman–Crippen MR) is 93.6 cm³/mol. The molecule has 1 aromatic rings. The molecule has 4 N–H and O–H groups in total. The van der Waals surface area contributed by atoms with Gasteiger partial charge < -0.3 is 20.7 Å². The van der Waals surface area contributed by atoms with Gasteiger partial charge in [0.05, 0.1) is 13.2 Å². The summed E-state index contributed by atoms with van der Waals surface area (Å²) in [6.07, 6.45) is 0.304. The van der Waals surface area contributed by atoms with Crippen LogP contribution >= 0.6 is 12.4 Å². The number of hydrogen-bond acceptors (Lipinski definition) is 5. The molecule has 25 heavy (non-hydrogen) atoms. The first-order valence-electron chi connectivity index (χ1n) is 7.82. The molecule has 0 aromatic heterocycles. The van der Waals surface area contributed by atoms with Crippen molar-refractivity contribution in [3.8, 4) is 0 Å². The topological polar surface area (TPSA) is 109 Å². The van der Waals surface area contributed by atoms with E-state index in [1.165, 1.54) is 0 Å². The Hall–Kier alpha value is -2.16. The first-order chi connectivity index (χ1) is 11.5. The van der Waals surface area contributed by atoms with E-state index in [-0.39, 0.29) is 24.4 Å². The first kappa shape index (κ1) is 19.2. The number of imide groups is 1. The van der Waals surface area contributed by atoms with E-state index < -0.39 is 17.5 Å². The third-order valence-electron chi connectivity index (χ3n) is 4.20. The zero-order valence-corrected chi connectivity index (χ0v) is 14.6. The second-order valence-corrected chi connectivity index (χ2v) is 6.09. The van der Waals surface area contributed by atoms with Crippen LogP contribution in [0.2, 0.25) is 0 Å². The Balaban J connectivity index is 0.00000225. The van der Waals surface area contributed by atoms with Gasteiger partial charge in [-0.3, -0.25) is 14.9 Å². The normalized spacial score (nSPS) is 25.6. The number of hydrogen-bond donors (Lipinski definition) is 4. The summed E-state index contributed by atoms with van der Waals surface area (Å²) in [6.45, 7) is 3.53. The maximum Gasteiger partial charge on any atom is 0.322 e. The largest absolute Gasteiger partial charge is 0.378 e. The Morgan fingerprint density at radius 3 is 2.84 bits per heavy atom. The van der Waals surface area contributed by atoms with Crippen molar-refractivity contribution in [1.29, 1.82) is 0 Å². The number of morpholine rings is 1. The van der Waals surface area contributed by atoms with E-state index >= 15 is 0 Å². The molecule has 2 fully saturated rings. The number of nitrogens with one attached hydrogen (secondary N) is 4. The van der Waals surface area contributed by atoms with Crippen LogP contribution in [0.15, 0.2) is 24.3 Å². The average Bonchev–Trinajstić information content (AvgIpc) is 2.82. The minimum Gasteiger partial charge on any atom is -0.378 e. The lowest BCUT2D eigenvalue weighted by Gasteiger charge is -2.24. The average molecular weight is 369 g/mol. The van der Waals surface area contributed by atoms with Crippen LogP contribution in [0, 0.1) is 0 Å². The minimum absolute atomic E-state index is 0. The van der Waals surface area contributed by atoms with E-state index in [1.54, 1.807) is 31.2 Å². The van der Waals surface area contributed by atoms with Crippen LogP contribution in [0.25, 0.3) is 0 Å². The molecule has 2 aliphatic heterocycles. The van der Waals surface area contributed by atoms with Crippen molar-refractivity contribution in [3.63, 3.8) is 0 Å². The lowest BCUT2D eigenvalue weighted by atomic mass is 9.92. The van der Waals surface area contributed by atoms with Gasteiger partial charge in [-0.25, -0.2) is 4.79 Å². The fourth-order valence-electron chi connectivity index (χ4n) is 2.84. The molecule has 9 heteroatoms. The van der Waals surface area contributed by atoms with E-state index in [4.69, 9.17) is 4.74 Å². The van der Waals surface area contributed by atoms with E-state index in [0.717, 1.165) is 6.54 Å². The minimum atomic E-state index is -1.14. The van der Waals surface area contributed by atoms with Crippen molar-refractivity contribution in [1.82, 2.24) is 16.0 Å². The number of halogens is 1. The van der Waals surface area contributed by atoms with Crippen LogP contribution in [0.4, 0.5) is 10.5 Å². The maximum atomic E-state index is 12.2. The lowest BCUT2D eigenvalue weighted by Crippen LogP contribution is -2.43. The maximum absolute atomic E-state index is 12.2. The predicted octanol–water partition coefficient (Wildman–Crippen LogP) is 0.480. The third-order valence-corrected chi connectivity index (χ3v) is 4.20. The van der Waals surface area contributed by atoms with Crippen LogP contribution in [0.1, 0.15) is 18.9 Å². The van der Waals surface area contributed by atoms with Crippen molar-refractivity contribution in [2.24, 2.45) is 0 Å². The zero-order chi connectivity index (χ0) is 17.2. The second kappa shape index (κ2) is 7.81. The van der Waals surface area contributed by atoms with Gasteiger partial charge in [-0.2, -0.15) is 0 Å². The Kier molecular flexibility index (Phi) is 5.99. The summed E-state index contributed by atoms with van der Waals surface area (Å²) in [4.78, 5) is 35.5. The highest BCUT2D eigenvalue weighted by molar-refractivity contribution is 6.07. The van der Waals surface area contributed by atoms with Crippen molar-refractivity contribution in [3.05, 3.63) is 29.8 Å². The summed E-state index contributed by atoms with van der Waals surface area (Å²) < 4.78 is 5.33. The number of anilines is 1. The number of carbonyl (C=O) groups excluding carboxylic acids is 3. The summed E-state index contributed by atoms with van der Waals surface area (Å²) >= 11 is 0. The van der Waals surface area contributed by atoms with Crippen molar-refractivity contribution in [2.75, 3.05) is 25.1 Å². The molecule has 2 atom stereocenters. The van der Waals surface area contributed by atoms with E-state index in [9.17, 15) is 14.4 Å². The standard InChI is InChI=1S/C16H20N4O4.ClH/c1-16(14(22)19-15(23)20-16)10-3-2-4-11(7-10)18-13(21)8-12-9-24-6-5-17-12;/h2-4,7,12,17H,5-6,8-9H2,1H3,(H,18,21)(H2,19,20,22,23);1H. The van der Waals surface area contributed by atoms with E-state index in [0.29, 0.717) is 30.9 Å². The van der Waals surface area contributed by atoms with Crippen LogP contribution in [-0.4, -0.2) is 43.6 Å². The van der Waals surface area contributed by atoms with Gasteiger partial charge in [0.25, 0.3) is 5.91 Å². The van der Waals surface area contributed by atoms with Crippen LogP contribution < -0.4 is 21.3 Å². The summed E-state index contributed by atoms with van der Waals surface area (Å²) in [6, 6.07) is 6.37. The van der Waals surface area contributed by atoms with Gasteiger partial charge in [-0.05, 0) is 24.6 Å². The highest BCUT2D eigenvalue weighted by atomic mass is 35.5. The van der Waals surface area contributed by atoms with Gasteiger partial charge >= 0.3 is 6.03 Å². The molecular weight excluding hydrogens is 348 g/mol. The fraction of sp³-hybridized carbons (Fsp3) is 0.438. The molecule has 0 spiro atoms. The van der Waals surface area contributed by atoms with Crippen LogP contribution in [0.3, 0.4) is 0 Å². The van der Waals surface area contributed by atoms with Gasteiger partial charge in [-0.15, -0.1) is 12.4 Å². The van der Waals surface area contributed by atoms with Gasteiger partial charge in [0, 0.05) is 24.7 Å². The molecule has 0 aliphatic carbocycles. The fourth-order valence-corrected chi connectivity index (χ4v) is 2.84. The number of ether oxygens (including phenoxy) is 1. The van der Waals surface area contributed by atoms with Crippen molar-refractivity contribution < 1.29 is 19.1 Å². The van der Waals surface area contributed by atoms with Crippen molar-refractivity contribution in [2.45, 2.75) is 24.9 Å². The number of carbonyl (C=O) groups is 3. The zero-order valence-electron chi connectivity index (χ0n) is 13.8. The highest BCUT2D eigenvalue weighted by Gasteiger charge is 2.43. The van der Waals surface area contributed by atoms with Gasteiger partial charge in [-0.1, -0.05) is 12.1 Å². The molecule has 2 heterocycles. The summed E-state index contributed by atoms with van der Waals surface area (Å²) in [5.41, 5.74) is 0.0310. The first-order valence-corrected chi connectivity index (χ1v) is 7.82. The Labute approximate surface area is 151 Å². The number of amides is 4. The lowest BCUT2D eigenvalue weighted by molar-refractivity contribution is -0.123. The SMILES string of the molecule is CC1(c2cccc(NC(=O)CC3COCCN3)c2)NC(=O)NC1=O.Cl. The molecule has 2 unspecified atom stereocenters. The molecule has 2 aliphatic rings.